The Kier molecular flexibility index (Phi) is 8.34. The van der Waals surface area contributed by atoms with Crippen molar-refractivity contribution in [3.05, 3.63) is 107 Å². The molecule has 2 aliphatic heterocycles. The van der Waals surface area contributed by atoms with E-state index in [1.807, 2.05) is 8.46 Å². The van der Waals surface area contributed by atoms with Crippen LogP contribution in [0, 0.1) is 0 Å². The third kappa shape index (κ3) is 4.25. The van der Waals surface area contributed by atoms with Crippen LogP contribution in [-0.4, -0.2) is 5.92 Å². The van der Waals surface area contributed by atoms with Crippen LogP contribution in [0.3, 0.4) is 0 Å². The molecule has 0 radical (unpaired) electrons. The normalized spacial score (nSPS) is 17.5. The van der Waals surface area contributed by atoms with Crippen LogP contribution in [0.1, 0.15) is 72.3 Å². The average molecular weight is 646 g/mol. The second kappa shape index (κ2) is 11.3. The molecule has 4 heteroatoms. The molecular formula is C35H35Cl2SiZr. The van der Waals surface area contributed by atoms with Crippen LogP contribution >= 0.6 is 0 Å². The Bertz CT molecular complexity index is 1590. The molecule has 4 aromatic carbocycles. The minimum atomic E-state index is -1.94. The largest absolute Gasteiger partial charge is 1.00 e. The minimum Gasteiger partial charge on any atom is -1.00 e. The van der Waals surface area contributed by atoms with E-state index in [0.29, 0.717) is 5.92 Å². The molecule has 2 atom stereocenters. The van der Waals surface area contributed by atoms with Crippen LogP contribution < -0.4 is 38.5 Å². The van der Waals surface area contributed by atoms with Crippen molar-refractivity contribution in [1.82, 2.24) is 0 Å². The van der Waals surface area contributed by atoms with Gasteiger partial charge in [0.25, 0.3) is 0 Å². The molecule has 2 heterocycles. The SMILES string of the molecule is CCCC1=Cc2c(ccc(CC)c2-c2ccccc2C(C)C)[CH]1[Zr+2]1[c]2cccc3c2[SiH]1c1ccccc1-3.[Cl-].[Cl-]. The van der Waals surface area contributed by atoms with Gasteiger partial charge in [-0.25, -0.2) is 0 Å². The van der Waals surface area contributed by atoms with Crippen molar-refractivity contribution in [3.8, 4) is 22.3 Å². The Morgan fingerprint density at radius 3 is 2.26 bits per heavy atom. The molecule has 197 valence electrons. The molecule has 39 heavy (non-hydrogen) atoms. The van der Waals surface area contributed by atoms with Crippen LogP contribution in [-0.2, 0) is 27.3 Å². The fourth-order valence-electron chi connectivity index (χ4n) is 7.51. The van der Waals surface area contributed by atoms with E-state index in [1.165, 1.54) is 35.1 Å². The van der Waals surface area contributed by atoms with Gasteiger partial charge in [0.15, 0.2) is 0 Å². The molecule has 0 amide bonds. The van der Waals surface area contributed by atoms with E-state index >= 15 is 0 Å². The predicted molar refractivity (Wildman–Crippen MR) is 159 cm³/mol. The smallest absolute Gasteiger partial charge is 1.00 e. The van der Waals surface area contributed by atoms with Gasteiger partial charge in [0, 0.05) is 0 Å². The Labute approximate surface area is 255 Å². The number of halogens is 2. The summed E-state index contributed by atoms with van der Waals surface area (Å²) in [5, 5.41) is 3.60. The molecular weight excluding hydrogens is 611 g/mol. The molecule has 0 saturated heterocycles. The van der Waals surface area contributed by atoms with Crippen molar-refractivity contribution in [3.63, 3.8) is 0 Å². The Morgan fingerprint density at radius 1 is 0.795 bits per heavy atom. The summed E-state index contributed by atoms with van der Waals surface area (Å²) in [5.74, 6) is -0.533. The molecule has 1 aliphatic carbocycles. The zero-order chi connectivity index (χ0) is 25.3. The van der Waals surface area contributed by atoms with E-state index in [-0.39, 0.29) is 24.8 Å². The number of rotatable bonds is 6. The van der Waals surface area contributed by atoms with Crippen molar-refractivity contribution in [2.45, 2.75) is 56.5 Å². The molecule has 2 unspecified atom stereocenters. The number of aryl methyl sites for hydroxylation is 1. The van der Waals surface area contributed by atoms with Crippen LogP contribution in [0.4, 0.5) is 0 Å². The van der Waals surface area contributed by atoms with Gasteiger partial charge in [0.05, 0.1) is 0 Å². The molecule has 4 aromatic rings. The van der Waals surface area contributed by atoms with E-state index in [4.69, 9.17) is 0 Å². The van der Waals surface area contributed by atoms with Gasteiger partial charge in [-0.1, -0.05) is 0 Å². The number of allylic oxidation sites excluding steroid dienone is 1. The fraction of sp³-hybridized carbons (Fsp3) is 0.257. The van der Waals surface area contributed by atoms with Crippen molar-refractivity contribution >= 4 is 25.6 Å². The van der Waals surface area contributed by atoms with Gasteiger partial charge >= 0.3 is 232 Å². The predicted octanol–water partition coefficient (Wildman–Crippen LogP) is 1.06. The van der Waals surface area contributed by atoms with Crippen LogP contribution in [0.5, 0.6) is 0 Å². The van der Waals surface area contributed by atoms with Crippen LogP contribution in [0.15, 0.2) is 84.4 Å². The number of hydrogen-bond acceptors (Lipinski definition) is 0. The standard InChI is InChI=1S/C23H27.C12H8Si.2ClH.Zr/c1-5-9-17-14-19-13-12-18(6-2)23(22(19)15-17)21-11-8-7-10-20(21)16(3)4;1-3-7-11-9(5-1)10-6-2-4-8-12(10)13-11;;;/h7-8,10-16H,5-6,9H2,1-4H3;1-7,13H;2*1H;/q;;;;+2/p-2. The summed E-state index contributed by atoms with van der Waals surface area (Å²) in [4.78, 5) is 0. The molecule has 0 bridgehead atoms. The van der Waals surface area contributed by atoms with Crippen molar-refractivity contribution < 1.29 is 45.7 Å². The molecule has 0 fully saturated rings. The van der Waals surface area contributed by atoms with Gasteiger partial charge in [-0.2, -0.15) is 0 Å². The maximum absolute atomic E-state index is 2.68. The molecule has 0 spiro atoms. The maximum atomic E-state index is 2.68. The monoisotopic (exact) mass is 643 g/mol. The summed E-state index contributed by atoms with van der Waals surface area (Å²) in [6.45, 7) is 9.39. The number of hydrogen-bond donors (Lipinski definition) is 0. The van der Waals surface area contributed by atoms with Gasteiger partial charge in [0.1, 0.15) is 0 Å². The Morgan fingerprint density at radius 2 is 1.51 bits per heavy atom. The fourth-order valence-corrected chi connectivity index (χ4v) is 33.7. The molecule has 0 saturated carbocycles. The van der Waals surface area contributed by atoms with Gasteiger partial charge < -0.3 is 24.8 Å². The summed E-state index contributed by atoms with van der Waals surface area (Å²) in [6, 6.07) is 31.0. The van der Waals surface area contributed by atoms with Gasteiger partial charge in [-0.15, -0.1) is 0 Å². The van der Waals surface area contributed by atoms with Gasteiger partial charge in [-0.05, 0) is 0 Å². The molecule has 3 aliphatic rings. The zero-order valence-corrected chi connectivity index (χ0v) is 28.3. The topological polar surface area (TPSA) is 0 Å². The van der Waals surface area contributed by atoms with E-state index in [1.54, 1.807) is 33.0 Å². The molecule has 7 rings (SSSR count). The van der Waals surface area contributed by atoms with E-state index in [2.05, 4.69) is 113 Å². The Balaban J connectivity index is 0.00000154. The van der Waals surface area contributed by atoms with Crippen molar-refractivity contribution in [1.29, 1.82) is 0 Å². The van der Waals surface area contributed by atoms with Crippen molar-refractivity contribution in [2.75, 3.05) is 0 Å². The summed E-state index contributed by atoms with van der Waals surface area (Å²) >= 11 is -1.94. The van der Waals surface area contributed by atoms with E-state index in [0.717, 1.165) is 10.0 Å². The zero-order valence-electron chi connectivity index (χ0n) is 23.2. The first-order valence-electron chi connectivity index (χ1n) is 14.2. The molecule has 0 N–H and O–H groups in total. The average Bonchev–Trinajstić information content (AvgIpc) is 3.43. The third-order valence-electron chi connectivity index (χ3n) is 9.04. The first-order valence-corrected chi connectivity index (χ1v) is 22.8. The molecule has 0 aromatic heterocycles. The van der Waals surface area contributed by atoms with E-state index < -0.39 is 26.8 Å². The van der Waals surface area contributed by atoms with Crippen LogP contribution in [0.25, 0.3) is 28.3 Å². The van der Waals surface area contributed by atoms with Crippen molar-refractivity contribution in [2.24, 2.45) is 0 Å². The third-order valence-corrected chi connectivity index (χ3v) is 31.3. The van der Waals surface area contributed by atoms with E-state index in [9.17, 15) is 0 Å². The molecule has 0 nitrogen and oxygen atoms in total. The second-order valence-electron chi connectivity index (χ2n) is 11.3. The second-order valence-corrected chi connectivity index (χ2v) is 26.3. The summed E-state index contributed by atoms with van der Waals surface area (Å²) in [6.07, 6.45) is 6.24. The number of fused-ring (bicyclic) bond motifs is 4. The first kappa shape index (κ1) is 28.8. The summed E-state index contributed by atoms with van der Waals surface area (Å²) < 4.78 is 2.56. The first-order chi connectivity index (χ1) is 18.1. The quantitative estimate of drug-likeness (QED) is 0.276. The van der Waals surface area contributed by atoms with Crippen LogP contribution in [0.2, 0.25) is 0 Å². The summed E-state index contributed by atoms with van der Waals surface area (Å²) in [7, 11) is 0. The maximum Gasteiger partial charge on any atom is -1.00 e. The van der Waals surface area contributed by atoms with Gasteiger partial charge in [0.2, 0.25) is 0 Å². The minimum absolute atomic E-state index is 0. The summed E-state index contributed by atoms with van der Waals surface area (Å²) in [5.41, 5.74) is 14.2. The van der Waals surface area contributed by atoms with Gasteiger partial charge in [-0.3, -0.25) is 0 Å². The number of benzene rings is 4. The Hall–Kier alpha value is -1.70.